The molecular weight excluding hydrogens is 264 g/mol. The van der Waals surface area contributed by atoms with Crippen LogP contribution in [0.3, 0.4) is 0 Å². The molecule has 1 aromatic rings. The number of esters is 1. The van der Waals surface area contributed by atoms with E-state index >= 15 is 0 Å². The standard InChI is InChI=1S/C14H12O4S/c1-18-13(16)6-7-19-12-8-11(15)9-4-2-3-5-10(9)14(12)17/h2-5,8H,6-7H2,1H3. The Morgan fingerprint density at radius 2 is 1.89 bits per heavy atom. The molecule has 0 amide bonds. The first-order valence-electron chi connectivity index (χ1n) is 5.73. The molecular formula is C14H12O4S. The van der Waals surface area contributed by atoms with Gasteiger partial charge in [-0.3, -0.25) is 14.4 Å². The maximum atomic E-state index is 12.2. The number of methoxy groups -OCH3 is 1. The average Bonchev–Trinajstić information content (AvgIpc) is 2.44. The Morgan fingerprint density at radius 1 is 1.21 bits per heavy atom. The van der Waals surface area contributed by atoms with Gasteiger partial charge in [-0.05, 0) is 0 Å². The van der Waals surface area contributed by atoms with Crippen LogP contribution in [0.15, 0.2) is 35.2 Å². The van der Waals surface area contributed by atoms with Crippen molar-refractivity contribution in [3.8, 4) is 0 Å². The van der Waals surface area contributed by atoms with Crippen molar-refractivity contribution in [3.63, 3.8) is 0 Å². The van der Waals surface area contributed by atoms with E-state index in [1.807, 2.05) is 0 Å². The number of fused-ring (bicyclic) bond motifs is 1. The number of hydrogen-bond donors (Lipinski definition) is 0. The van der Waals surface area contributed by atoms with Crippen LogP contribution in [0, 0.1) is 0 Å². The number of thioether (sulfide) groups is 1. The Hall–Kier alpha value is -1.88. The molecule has 0 saturated carbocycles. The van der Waals surface area contributed by atoms with Gasteiger partial charge >= 0.3 is 5.97 Å². The molecule has 4 nitrogen and oxygen atoms in total. The van der Waals surface area contributed by atoms with Crippen molar-refractivity contribution in [1.29, 1.82) is 0 Å². The number of carbonyl (C=O) groups excluding carboxylic acids is 3. The SMILES string of the molecule is COC(=O)CCSC1=CC(=O)c2ccccc2C1=O. The highest BCUT2D eigenvalue weighted by Crippen LogP contribution is 2.28. The van der Waals surface area contributed by atoms with Crippen LogP contribution in [-0.4, -0.2) is 30.4 Å². The highest BCUT2D eigenvalue weighted by atomic mass is 32.2. The second kappa shape index (κ2) is 5.84. The fourth-order valence-electron chi connectivity index (χ4n) is 1.74. The number of ketones is 2. The van der Waals surface area contributed by atoms with Crippen LogP contribution in [0.4, 0.5) is 0 Å². The molecule has 0 unspecified atom stereocenters. The Kier molecular flexibility index (Phi) is 4.16. The molecule has 2 rings (SSSR count). The van der Waals surface area contributed by atoms with Crippen molar-refractivity contribution in [2.45, 2.75) is 6.42 Å². The fraction of sp³-hybridized carbons (Fsp3) is 0.214. The summed E-state index contributed by atoms with van der Waals surface area (Å²) in [5.41, 5.74) is 0.861. The van der Waals surface area contributed by atoms with Crippen molar-refractivity contribution in [2.24, 2.45) is 0 Å². The van der Waals surface area contributed by atoms with Crippen LogP contribution in [0.2, 0.25) is 0 Å². The fourth-order valence-corrected chi connectivity index (χ4v) is 2.66. The molecule has 0 N–H and O–H groups in total. The minimum absolute atomic E-state index is 0.162. The van der Waals surface area contributed by atoms with E-state index in [0.29, 0.717) is 21.8 Å². The predicted octanol–water partition coefficient (Wildman–Crippen LogP) is 2.25. The summed E-state index contributed by atoms with van der Waals surface area (Å²) in [6.07, 6.45) is 1.55. The topological polar surface area (TPSA) is 60.4 Å². The smallest absolute Gasteiger partial charge is 0.306 e. The summed E-state index contributed by atoms with van der Waals surface area (Å²) >= 11 is 1.21. The lowest BCUT2D eigenvalue weighted by molar-refractivity contribution is -0.140. The molecule has 1 aliphatic carbocycles. The molecule has 0 bridgehead atoms. The zero-order valence-electron chi connectivity index (χ0n) is 10.3. The van der Waals surface area contributed by atoms with Crippen LogP contribution in [0.1, 0.15) is 27.1 Å². The molecule has 0 saturated heterocycles. The first kappa shape index (κ1) is 13.5. The second-order valence-corrected chi connectivity index (χ2v) is 5.06. The minimum atomic E-state index is -0.330. The van der Waals surface area contributed by atoms with Gasteiger partial charge in [0, 0.05) is 23.0 Å². The number of ether oxygens (including phenoxy) is 1. The van der Waals surface area contributed by atoms with Crippen LogP contribution in [-0.2, 0) is 9.53 Å². The molecule has 19 heavy (non-hydrogen) atoms. The summed E-state index contributed by atoms with van der Waals surface area (Å²) in [6, 6.07) is 6.74. The number of hydrogen-bond acceptors (Lipinski definition) is 5. The van der Waals surface area contributed by atoms with Crippen LogP contribution in [0.5, 0.6) is 0 Å². The molecule has 0 atom stereocenters. The first-order chi connectivity index (χ1) is 9.13. The number of allylic oxidation sites excluding steroid dienone is 2. The molecule has 5 heteroatoms. The van der Waals surface area contributed by atoms with Crippen LogP contribution in [0.25, 0.3) is 0 Å². The largest absolute Gasteiger partial charge is 0.469 e. The van der Waals surface area contributed by atoms with Crippen molar-refractivity contribution in [3.05, 3.63) is 46.4 Å². The molecule has 98 valence electrons. The highest BCUT2D eigenvalue weighted by Gasteiger charge is 2.25. The van der Waals surface area contributed by atoms with Gasteiger partial charge in [0.2, 0.25) is 0 Å². The monoisotopic (exact) mass is 276 g/mol. The van der Waals surface area contributed by atoms with Crippen molar-refractivity contribution in [1.82, 2.24) is 0 Å². The molecule has 1 aromatic carbocycles. The van der Waals surface area contributed by atoms with E-state index in [4.69, 9.17) is 0 Å². The Balaban J connectivity index is 2.10. The number of benzene rings is 1. The van der Waals surface area contributed by atoms with E-state index in [-0.39, 0.29) is 24.0 Å². The van der Waals surface area contributed by atoms with Crippen LogP contribution < -0.4 is 0 Å². The average molecular weight is 276 g/mol. The first-order valence-corrected chi connectivity index (χ1v) is 6.71. The quantitative estimate of drug-likeness (QED) is 0.789. The predicted molar refractivity (Wildman–Crippen MR) is 72.3 cm³/mol. The molecule has 0 fully saturated rings. The van der Waals surface area contributed by atoms with Gasteiger partial charge in [0.1, 0.15) is 0 Å². The van der Waals surface area contributed by atoms with Crippen molar-refractivity contribution >= 4 is 29.3 Å². The van der Waals surface area contributed by atoms with E-state index < -0.39 is 0 Å². The maximum absolute atomic E-state index is 12.2. The Bertz CT molecular complexity index is 575. The zero-order valence-corrected chi connectivity index (χ0v) is 11.2. The van der Waals surface area contributed by atoms with Crippen molar-refractivity contribution in [2.75, 3.05) is 12.9 Å². The van der Waals surface area contributed by atoms with Crippen LogP contribution >= 0.6 is 11.8 Å². The van der Waals surface area contributed by atoms with E-state index in [0.717, 1.165) is 0 Å². The summed E-state index contributed by atoms with van der Waals surface area (Å²) in [5.74, 6) is -0.247. The lowest BCUT2D eigenvalue weighted by atomic mass is 9.95. The minimum Gasteiger partial charge on any atom is -0.469 e. The van der Waals surface area contributed by atoms with Gasteiger partial charge in [-0.1, -0.05) is 24.3 Å². The van der Waals surface area contributed by atoms with Gasteiger partial charge in [-0.25, -0.2) is 0 Å². The Labute approximate surface area is 114 Å². The van der Waals surface area contributed by atoms with E-state index in [1.54, 1.807) is 24.3 Å². The lowest BCUT2D eigenvalue weighted by Gasteiger charge is -2.13. The summed E-state index contributed by atoms with van der Waals surface area (Å²) in [4.78, 5) is 35.4. The highest BCUT2D eigenvalue weighted by molar-refractivity contribution is 8.04. The number of carbonyl (C=O) groups is 3. The number of rotatable bonds is 4. The lowest BCUT2D eigenvalue weighted by Crippen LogP contribution is -2.15. The molecule has 1 aliphatic rings. The van der Waals surface area contributed by atoms with E-state index in [2.05, 4.69) is 4.74 Å². The van der Waals surface area contributed by atoms with E-state index in [1.165, 1.54) is 24.9 Å². The zero-order chi connectivity index (χ0) is 13.8. The summed E-state index contributed by atoms with van der Waals surface area (Å²) in [5, 5.41) is 0. The Morgan fingerprint density at radius 3 is 2.58 bits per heavy atom. The summed E-state index contributed by atoms with van der Waals surface area (Å²) < 4.78 is 4.52. The molecule has 0 aromatic heterocycles. The third kappa shape index (κ3) is 2.93. The summed E-state index contributed by atoms with van der Waals surface area (Å²) in [6.45, 7) is 0. The number of Topliss-reactive ketones (excluding diaryl/α,β-unsaturated/α-hetero) is 1. The molecule has 0 aliphatic heterocycles. The van der Waals surface area contributed by atoms with Gasteiger partial charge in [-0.2, -0.15) is 0 Å². The normalized spacial score (nSPS) is 13.8. The third-order valence-electron chi connectivity index (χ3n) is 2.71. The van der Waals surface area contributed by atoms with Gasteiger partial charge in [0.05, 0.1) is 18.4 Å². The van der Waals surface area contributed by atoms with Gasteiger partial charge in [-0.15, -0.1) is 11.8 Å². The van der Waals surface area contributed by atoms with Gasteiger partial charge in [0.15, 0.2) is 11.6 Å². The van der Waals surface area contributed by atoms with Crippen molar-refractivity contribution < 1.29 is 19.1 Å². The second-order valence-electron chi connectivity index (χ2n) is 3.92. The third-order valence-corrected chi connectivity index (χ3v) is 3.74. The van der Waals surface area contributed by atoms with Gasteiger partial charge < -0.3 is 4.74 Å². The molecule has 0 heterocycles. The van der Waals surface area contributed by atoms with E-state index in [9.17, 15) is 14.4 Å². The van der Waals surface area contributed by atoms with Gasteiger partial charge in [0.25, 0.3) is 0 Å². The maximum Gasteiger partial charge on any atom is 0.306 e. The molecule has 0 radical (unpaired) electrons. The molecule has 0 spiro atoms. The summed E-state index contributed by atoms with van der Waals surface area (Å²) in [7, 11) is 1.32.